The van der Waals surface area contributed by atoms with Crippen LogP contribution in [0.4, 0.5) is 0 Å². The monoisotopic (exact) mass is 294 g/mol. The quantitative estimate of drug-likeness (QED) is 0.913. The minimum absolute atomic E-state index is 0.188. The van der Waals surface area contributed by atoms with E-state index in [9.17, 15) is 8.42 Å². The first kappa shape index (κ1) is 14.8. The standard InChI is InChI=1S/C14H18N2O3S/c1-11-13(7-8-19-11)10-16(2)20(17,18)14-6-4-3-5-12(14)9-15/h3-8H,9-10,15H2,1-2H3. The number of rotatable bonds is 5. The Hall–Kier alpha value is -1.63. The van der Waals surface area contributed by atoms with E-state index in [0.29, 0.717) is 5.56 Å². The lowest BCUT2D eigenvalue weighted by Gasteiger charge is -2.18. The van der Waals surface area contributed by atoms with E-state index in [1.54, 1.807) is 43.6 Å². The third kappa shape index (κ3) is 2.77. The Kier molecular flexibility index (Phi) is 4.27. The van der Waals surface area contributed by atoms with E-state index in [-0.39, 0.29) is 18.0 Å². The van der Waals surface area contributed by atoms with Crippen LogP contribution in [0.25, 0.3) is 0 Å². The number of aryl methyl sites for hydroxylation is 1. The van der Waals surface area contributed by atoms with E-state index in [2.05, 4.69) is 0 Å². The Morgan fingerprint density at radius 1 is 1.20 bits per heavy atom. The third-order valence-corrected chi connectivity index (χ3v) is 5.14. The van der Waals surface area contributed by atoms with Crippen LogP contribution in [0.5, 0.6) is 0 Å². The van der Waals surface area contributed by atoms with Crippen molar-refractivity contribution in [3.05, 3.63) is 53.5 Å². The van der Waals surface area contributed by atoms with Crippen molar-refractivity contribution in [2.24, 2.45) is 5.73 Å². The maximum absolute atomic E-state index is 12.6. The van der Waals surface area contributed by atoms with Crippen molar-refractivity contribution in [1.29, 1.82) is 0 Å². The summed E-state index contributed by atoms with van der Waals surface area (Å²) in [7, 11) is -2.01. The molecule has 0 aliphatic rings. The molecule has 0 bridgehead atoms. The van der Waals surface area contributed by atoms with Crippen molar-refractivity contribution in [2.75, 3.05) is 7.05 Å². The molecule has 2 N–H and O–H groups in total. The molecule has 108 valence electrons. The average molecular weight is 294 g/mol. The molecular formula is C14H18N2O3S. The van der Waals surface area contributed by atoms with Gasteiger partial charge in [-0.3, -0.25) is 0 Å². The van der Waals surface area contributed by atoms with E-state index < -0.39 is 10.0 Å². The van der Waals surface area contributed by atoms with Crippen LogP contribution in [0.1, 0.15) is 16.9 Å². The molecule has 1 heterocycles. The minimum atomic E-state index is -3.56. The molecule has 0 saturated heterocycles. The molecule has 6 heteroatoms. The van der Waals surface area contributed by atoms with Gasteiger partial charge in [-0.25, -0.2) is 8.42 Å². The summed E-state index contributed by atoms with van der Waals surface area (Å²) in [6.07, 6.45) is 1.55. The molecule has 0 radical (unpaired) electrons. The lowest BCUT2D eigenvalue weighted by atomic mass is 10.2. The Morgan fingerprint density at radius 2 is 1.90 bits per heavy atom. The molecule has 0 saturated carbocycles. The first-order valence-corrected chi connectivity index (χ1v) is 7.68. The van der Waals surface area contributed by atoms with Crippen molar-refractivity contribution in [1.82, 2.24) is 4.31 Å². The molecule has 2 rings (SSSR count). The van der Waals surface area contributed by atoms with Gasteiger partial charge in [-0.15, -0.1) is 0 Å². The van der Waals surface area contributed by atoms with Gasteiger partial charge in [0.2, 0.25) is 10.0 Å². The highest BCUT2D eigenvalue weighted by Gasteiger charge is 2.24. The van der Waals surface area contributed by atoms with Crippen molar-refractivity contribution in [3.8, 4) is 0 Å². The predicted molar refractivity (Wildman–Crippen MR) is 76.4 cm³/mol. The van der Waals surface area contributed by atoms with Crippen molar-refractivity contribution in [3.63, 3.8) is 0 Å². The Bertz CT molecular complexity index is 692. The highest BCUT2D eigenvalue weighted by Crippen LogP contribution is 2.21. The molecule has 0 aliphatic heterocycles. The van der Waals surface area contributed by atoms with Crippen LogP contribution in [0.15, 0.2) is 45.9 Å². The second-order valence-corrected chi connectivity index (χ2v) is 6.59. The number of nitrogens with zero attached hydrogens (tertiary/aromatic N) is 1. The fourth-order valence-corrected chi connectivity index (χ4v) is 3.37. The van der Waals surface area contributed by atoms with E-state index >= 15 is 0 Å². The van der Waals surface area contributed by atoms with Crippen LogP contribution in [0.2, 0.25) is 0 Å². The maximum atomic E-state index is 12.6. The molecule has 1 aromatic carbocycles. The van der Waals surface area contributed by atoms with Gasteiger partial charge >= 0.3 is 0 Å². The third-order valence-electron chi connectivity index (χ3n) is 3.24. The van der Waals surface area contributed by atoms with Crippen LogP contribution in [-0.4, -0.2) is 19.8 Å². The SMILES string of the molecule is Cc1occc1CN(C)S(=O)(=O)c1ccccc1CN. The molecule has 0 spiro atoms. The van der Waals surface area contributed by atoms with Gasteiger partial charge in [0.25, 0.3) is 0 Å². The first-order chi connectivity index (χ1) is 9.46. The molecule has 20 heavy (non-hydrogen) atoms. The van der Waals surface area contributed by atoms with Gasteiger partial charge in [0.1, 0.15) is 5.76 Å². The molecule has 0 amide bonds. The average Bonchev–Trinajstić information content (AvgIpc) is 2.84. The molecule has 0 fully saturated rings. The molecule has 0 unspecified atom stereocenters. The van der Waals surface area contributed by atoms with Crippen LogP contribution >= 0.6 is 0 Å². The number of sulfonamides is 1. The zero-order valence-electron chi connectivity index (χ0n) is 11.5. The van der Waals surface area contributed by atoms with Crippen LogP contribution < -0.4 is 5.73 Å². The zero-order chi connectivity index (χ0) is 14.8. The van der Waals surface area contributed by atoms with Gasteiger partial charge in [0, 0.05) is 25.7 Å². The molecule has 5 nitrogen and oxygen atoms in total. The van der Waals surface area contributed by atoms with Crippen LogP contribution in [0, 0.1) is 6.92 Å². The van der Waals surface area contributed by atoms with Crippen LogP contribution in [-0.2, 0) is 23.1 Å². The second kappa shape index (κ2) is 5.78. The van der Waals surface area contributed by atoms with Crippen molar-refractivity contribution >= 4 is 10.0 Å². The first-order valence-electron chi connectivity index (χ1n) is 6.24. The van der Waals surface area contributed by atoms with Gasteiger partial charge in [-0.05, 0) is 24.6 Å². The number of hydrogen-bond acceptors (Lipinski definition) is 4. The van der Waals surface area contributed by atoms with Gasteiger partial charge in [-0.2, -0.15) is 4.31 Å². The topological polar surface area (TPSA) is 76.5 Å². The summed E-state index contributed by atoms with van der Waals surface area (Å²) in [5.74, 6) is 0.721. The number of furan rings is 1. The molecule has 1 aromatic heterocycles. The van der Waals surface area contributed by atoms with Crippen molar-refractivity contribution < 1.29 is 12.8 Å². The summed E-state index contributed by atoms with van der Waals surface area (Å²) >= 11 is 0. The number of benzene rings is 1. The Labute approximate surface area is 119 Å². The summed E-state index contributed by atoms with van der Waals surface area (Å²) in [4.78, 5) is 0.256. The second-order valence-electron chi connectivity index (χ2n) is 4.57. The lowest BCUT2D eigenvalue weighted by Crippen LogP contribution is -2.27. The fourth-order valence-electron chi connectivity index (χ4n) is 1.99. The Balaban J connectivity index is 2.32. The van der Waals surface area contributed by atoms with E-state index in [4.69, 9.17) is 10.2 Å². The van der Waals surface area contributed by atoms with E-state index in [1.807, 2.05) is 6.92 Å². The predicted octanol–water partition coefficient (Wildman–Crippen LogP) is 1.87. The Morgan fingerprint density at radius 3 is 2.50 bits per heavy atom. The van der Waals surface area contributed by atoms with Gasteiger partial charge in [-0.1, -0.05) is 18.2 Å². The van der Waals surface area contributed by atoms with Gasteiger partial charge in [0.05, 0.1) is 11.2 Å². The molecule has 0 aliphatic carbocycles. The highest BCUT2D eigenvalue weighted by atomic mass is 32.2. The largest absolute Gasteiger partial charge is 0.469 e. The normalized spacial score (nSPS) is 12.0. The van der Waals surface area contributed by atoms with Crippen LogP contribution in [0.3, 0.4) is 0 Å². The van der Waals surface area contributed by atoms with Gasteiger partial charge in [0.15, 0.2) is 0 Å². The maximum Gasteiger partial charge on any atom is 0.243 e. The minimum Gasteiger partial charge on any atom is -0.469 e. The van der Waals surface area contributed by atoms with E-state index in [0.717, 1.165) is 11.3 Å². The summed E-state index contributed by atoms with van der Waals surface area (Å²) in [5.41, 5.74) is 7.07. The number of hydrogen-bond donors (Lipinski definition) is 1. The smallest absolute Gasteiger partial charge is 0.243 e. The summed E-state index contributed by atoms with van der Waals surface area (Å²) < 4.78 is 31.7. The lowest BCUT2D eigenvalue weighted by molar-refractivity contribution is 0.458. The highest BCUT2D eigenvalue weighted by molar-refractivity contribution is 7.89. The molecular weight excluding hydrogens is 276 g/mol. The number of nitrogens with two attached hydrogens (primary N) is 1. The summed E-state index contributed by atoms with van der Waals surface area (Å²) in [6, 6.07) is 8.56. The summed E-state index contributed by atoms with van der Waals surface area (Å²) in [6.45, 7) is 2.27. The molecule has 2 aromatic rings. The van der Waals surface area contributed by atoms with Crippen molar-refractivity contribution in [2.45, 2.75) is 24.9 Å². The van der Waals surface area contributed by atoms with Gasteiger partial charge < -0.3 is 10.2 Å². The fraction of sp³-hybridized carbons (Fsp3) is 0.286. The zero-order valence-corrected chi connectivity index (χ0v) is 12.4. The summed E-state index contributed by atoms with van der Waals surface area (Å²) in [5, 5.41) is 0. The van der Waals surface area contributed by atoms with E-state index in [1.165, 1.54) is 4.31 Å². The molecule has 0 atom stereocenters.